The lowest BCUT2D eigenvalue weighted by Gasteiger charge is -2.47. The molecule has 1 aliphatic rings. The van der Waals surface area contributed by atoms with Gasteiger partial charge in [0, 0.05) is 5.92 Å². The lowest BCUT2D eigenvalue weighted by Crippen LogP contribution is -2.58. The van der Waals surface area contributed by atoms with Crippen molar-refractivity contribution in [2.24, 2.45) is 5.92 Å². The first-order chi connectivity index (χ1) is 5.64. The van der Waals surface area contributed by atoms with E-state index in [1.807, 2.05) is 0 Å². The number of piperidine rings is 1. The molecule has 1 saturated heterocycles. The molecular formula is C11H25NO. The van der Waals surface area contributed by atoms with Crippen LogP contribution in [-0.4, -0.2) is 35.6 Å². The van der Waals surface area contributed by atoms with Crippen molar-refractivity contribution in [2.75, 3.05) is 19.6 Å². The number of quaternary nitrogens is 1. The van der Waals surface area contributed by atoms with Crippen LogP contribution in [0.25, 0.3) is 0 Å². The zero-order valence-corrected chi connectivity index (χ0v) is 9.58. The molecular weight excluding hydrogens is 162 g/mol. The van der Waals surface area contributed by atoms with Crippen LogP contribution in [0.2, 0.25) is 0 Å². The Balaban J connectivity index is 0.00000144. The fourth-order valence-electron chi connectivity index (χ4n) is 2.80. The molecule has 0 aliphatic carbocycles. The predicted octanol–water partition coefficient (Wildman–Crippen LogP) is 2.48. The van der Waals surface area contributed by atoms with Gasteiger partial charge in [-0.2, -0.15) is 0 Å². The topological polar surface area (TPSA) is 30.0 Å². The molecule has 1 heterocycles. The van der Waals surface area contributed by atoms with E-state index in [0.717, 1.165) is 12.0 Å². The Morgan fingerprint density at radius 2 is 1.62 bits per heavy atom. The maximum absolute atomic E-state index is 2.43. The highest BCUT2D eigenvalue weighted by Gasteiger charge is 2.35. The van der Waals surface area contributed by atoms with Crippen LogP contribution in [0.1, 0.15) is 40.5 Å². The molecule has 0 bridgehead atoms. The largest absolute Gasteiger partial charge is 0.870 e. The van der Waals surface area contributed by atoms with Crippen molar-refractivity contribution >= 4 is 0 Å². The standard InChI is InChI=1S/C11H24N.H2O/c1-5-12(6-2)9-10(3)7-8-11(12)4;/h10-11H,5-9H2,1-4H3;1H2/q+1;/p-1/t10-,11+;/m1./s1. The summed E-state index contributed by atoms with van der Waals surface area (Å²) in [5.74, 6) is 0.945. The molecule has 2 nitrogen and oxygen atoms in total. The van der Waals surface area contributed by atoms with Crippen LogP contribution < -0.4 is 0 Å². The number of hydrogen-bond acceptors (Lipinski definition) is 1. The Hall–Kier alpha value is -0.0800. The van der Waals surface area contributed by atoms with Crippen molar-refractivity contribution in [3.05, 3.63) is 0 Å². The Bertz CT molecular complexity index is 143. The van der Waals surface area contributed by atoms with Crippen molar-refractivity contribution in [2.45, 2.75) is 46.6 Å². The van der Waals surface area contributed by atoms with Crippen LogP contribution in [0.4, 0.5) is 0 Å². The third-order valence-corrected chi connectivity index (χ3v) is 3.95. The second kappa shape index (κ2) is 4.97. The van der Waals surface area contributed by atoms with Crippen LogP contribution in [0.5, 0.6) is 0 Å². The van der Waals surface area contributed by atoms with E-state index in [2.05, 4.69) is 27.7 Å². The Morgan fingerprint density at radius 3 is 2.00 bits per heavy atom. The van der Waals surface area contributed by atoms with Gasteiger partial charge < -0.3 is 9.96 Å². The summed E-state index contributed by atoms with van der Waals surface area (Å²) in [5, 5.41) is 0. The Kier molecular flexibility index (Phi) is 4.93. The Labute approximate surface area is 82.8 Å². The molecule has 0 aromatic heterocycles. The van der Waals surface area contributed by atoms with Gasteiger partial charge in [0.25, 0.3) is 0 Å². The molecule has 13 heavy (non-hydrogen) atoms. The van der Waals surface area contributed by atoms with E-state index >= 15 is 0 Å². The van der Waals surface area contributed by atoms with Crippen molar-refractivity contribution < 1.29 is 9.96 Å². The van der Waals surface area contributed by atoms with Crippen LogP contribution in [0.3, 0.4) is 0 Å². The van der Waals surface area contributed by atoms with E-state index in [4.69, 9.17) is 0 Å². The van der Waals surface area contributed by atoms with Crippen molar-refractivity contribution in [3.8, 4) is 0 Å². The van der Waals surface area contributed by atoms with Crippen molar-refractivity contribution in [3.63, 3.8) is 0 Å². The normalized spacial score (nSPS) is 32.3. The minimum absolute atomic E-state index is 0. The molecule has 0 spiro atoms. The highest BCUT2D eigenvalue weighted by atomic mass is 16.0. The van der Waals surface area contributed by atoms with E-state index in [1.54, 1.807) is 0 Å². The number of likely N-dealkylation sites (tertiary alicyclic amines) is 1. The van der Waals surface area contributed by atoms with Gasteiger partial charge >= 0.3 is 0 Å². The maximum atomic E-state index is 2.43. The second-order valence-corrected chi connectivity index (χ2v) is 4.57. The van der Waals surface area contributed by atoms with Crippen molar-refractivity contribution in [1.82, 2.24) is 0 Å². The summed E-state index contributed by atoms with van der Waals surface area (Å²) in [6.45, 7) is 13.6. The molecule has 2 atom stereocenters. The molecule has 1 aliphatic heterocycles. The average molecular weight is 187 g/mol. The fourth-order valence-corrected chi connectivity index (χ4v) is 2.80. The lowest BCUT2D eigenvalue weighted by molar-refractivity contribution is -0.954. The monoisotopic (exact) mass is 187 g/mol. The van der Waals surface area contributed by atoms with Crippen LogP contribution in [0, 0.1) is 5.92 Å². The minimum atomic E-state index is 0. The first-order valence-corrected chi connectivity index (χ1v) is 5.50. The van der Waals surface area contributed by atoms with Gasteiger partial charge in [0.15, 0.2) is 0 Å². The van der Waals surface area contributed by atoms with Gasteiger partial charge in [-0.1, -0.05) is 6.92 Å². The predicted molar refractivity (Wildman–Crippen MR) is 56.0 cm³/mol. The summed E-state index contributed by atoms with van der Waals surface area (Å²) in [6.07, 6.45) is 2.88. The first-order valence-electron chi connectivity index (χ1n) is 5.50. The fraction of sp³-hybridized carbons (Fsp3) is 1.00. The zero-order chi connectivity index (χ0) is 9.19. The zero-order valence-electron chi connectivity index (χ0n) is 9.58. The summed E-state index contributed by atoms with van der Waals surface area (Å²) in [7, 11) is 0. The van der Waals surface area contributed by atoms with E-state index in [9.17, 15) is 0 Å². The van der Waals surface area contributed by atoms with Gasteiger partial charge in [-0.15, -0.1) is 0 Å². The summed E-state index contributed by atoms with van der Waals surface area (Å²) in [4.78, 5) is 0. The van der Waals surface area contributed by atoms with E-state index in [-0.39, 0.29) is 5.48 Å². The molecule has 2 heteroatoms. The molecule has 0 radical (unpaired) electrons. The molecule has 80 valence electrons. The molecule has 0 unspecified atom stereocenters. The number of hydrogen-bond donors (Lipinski definition) is 0. The van der Waals surface area contributed by atoms with Crippen molar-refractivity contribution in [1.29, 1.82) is 0 Å². The minimum Gasteiger partial charge on any atom is -0.870 e. The van der Waals surface area contributed by atoms with Gasteiger partial charge in [0.05, 0.1) is 25.7 Å². The van der Waals surface area contributed by atoms with Gasteiger partial charge in [-0.25, -0.2) is 0 Å². The molecule has 1 N–H and O–H groups in total. The van der Waals surface area contributed by atoms with Crippen LogP contribution in [-0.2, 0) is 0 Å². The lowest BCUT2D eigenvalue weighted by atomic mass is 9.92. The average Bonchev–Trinajstić information content (AvgIpc) is 2.09. The number of rotatable bonds is 2. The third kappa shape index (κ3) is 2.44. The number of nitrogens with zero attached hydrogens (tertiary/aromatic N) is 1. The van der Waals surface area contributed by atoms with Gasteiger partial charge in [0.2, 0.25) is 0 Å². The maximum Gasteiger partial charge on any atom is 0.0861 e. The van der Waals surface area contributed by atoms with Gasteiger partial charge in [-0.3, -0.25) is 0 Å². The second-order valence-electron chi connectivity index (χ2n) is 4.57. The van der Waals surface area contributed by atoms with Crippen LogP contribution >= 0.6 is 0 Å². The highest BCUT2D eigenvalue weighted by molar-refractivity contribution is 4.66. The Morgan fingerprint density at radius 1 is 1.08 bits per heavy atom. The molecule has 1 rings (SSSR count). The van der Waals surface area contributed by atoms with E-state index in [1.165, 1.54) is 37.0 Å². The van der Waals surface area contributed by atoms with Gasteiger partial charge in [0.1, 0.15) is 0 Å². The smallest absolute Gasteiger partial charge is 0.0861 e. The molecule has 0 amide bonds. The molecule has 0 aromatic rings. The summed E-state index contributed by atoms with van der Waals surface area (Å²) >= 11 is 0. The van der Waals surface area contributed by atoms with Crippen LogP contribution in [0.15, 0.2) is 0 Å². The summed E-state index contributed by atoms with van der Waals surface area (Å²) < 4.78 is 1.36. The molecule has 0 aromatic carbocycles. The quantitative estimate of drug-likeness (QED) is 0.611. The SMILES string of the molecule is CC[N+]1(CC)C[C@H](C)CC[C@@H]1C.[OH-]. The highest BCUT2D eigenvalue weighted by Crippen LogP contribution is 2.28. The third-order valence-electron chi connectivity index (χ3n) is 3.95. The van der Waals surface area contributed by atoms with E-state index in [0.29, 0.717) is 0 Å². The molecule has 1 fully saturated rings. The molecule has 0 saturated carbocycles. The summed E-state index contributed by atoms with van der Waals surface area (Å²) in [5.41, 5.74) is 0. The summed E-state index contributed by atoms with van der Waals surface area (Å²) in [6, 6.07) is 0.899. The first kappa shape index (κ1) is 12.9. The van der Waals surface area contributed by atoms with Gasteiger partial charge in [-0.05, 0) is 33.6 Å². The van der Waals surface area contributed by atoms with E-state index < -0.39 is 0 Å².